The van der Waals surface area contributed by atoms with E-state index in [9.17, 15) is 14.4 Å². The van der Waals surface area contributed by atoms with Gasteiger partial charge in [-0.1, -0.05) is 27.7 Å². The number of urea groups is 1. The van der Waals surface area contributed by atoms with Crippen molar-refractivity contribution in [2.45, 2.75) is 34.6 Å². The van der Waals surface area contributed by atoms with Crippen molar-refractivity contribution in [1.82, 2.24) is 4.90 Å². The molecule has 1 aliphatic rings. The summed E-state index contributed by atoms with van der Waals surface area (Å²) in [4.78, 5) is 34.8. The summed E-state index contributed by atoms with van der Waals surface area (Å²) in [6.45, 7) is 8.92. The molecule has 2 N–H and O–H groups in total. The van der Waals surface area contributed by atoms with E-state index in [0.717, 1.165) is 6.92 Å². The standard InChI is InChI=1S/C11H18N2O3/c1-6(14)13(9(12)16)8(15)7-10(2,3)11(7,4)5/h7H,1-5H3,(H2,12,16). The number of carbonyl (C=O) groups excluding carboxylic acids is 3. The largest absolute Gasteiger partial charge is 0.351 e. The molecule has 4 amide bonds. The Morgan fingerprint density at radius 2 is 1.44 bits per heavy atom. The molecule has 0 spiro atoms. The molecule has 1 fully saturated rings. The van der Waals surface area contributed by atoms with Gasteiger partial charge in [-0.2, -0.15) is 0 Å². The number of primary amides is 1. The van der Waals surface area contributed by atoms with Crippen LogP contribution in [0.3, 0.4) is 0 Å². The van der Waals surface area contributed by atoms with Gasteiger partial charge in [0.05, 0.1) is 5.92 Å². The van der Waals surface area contributed by atoms with Crippen molar-refractivity contribution >= 4 is 17.8 Å². The fraction of sp³-hybridized carbons (Fsp3) is 0.727. The number of nitrogens with zero attached hydrogens (tertiary/aromatic N) is 1. The quantitative estimate of drug-likeness (QED) is 0.727. The minimum absolute atomic E-state index is 0.215. The van der Waals surface area contributed by atoms with Crippen LogP contribution in [-0.4, -0.2) is 22.7 Å². The van der Waals surface area contributed by atoms with E-state index in [1.54, 1.807) is 0 Å². The molecular formula is C11H18N2O3. The Hall–Kier alpha value is -1.39. The number of amides is 4. The normalized spacial score (nSPS) is 21.3. The number of imide groups is 3. The van der Waals surface area contributed by atoms with Gasteiger partial charge in [-0.05, 0) is 10.8 Å². The molecule has 0 radical (unpaired) electrons. The van der Waals surface area contributed by atoms with Crippen LogP contribution in [0, 0.1) is 16.7 Å². The maximum Gasteiger partial charge on any atom is 0.328 e. The summed E-state index contributed by atoms with van der Waals surface area (Å²) in [6, 6.07) is -1.00. The number of carbonyl (C=O) groups is 3. The van der Waals surface area contributed by atoms with Crippen molar-refractivity contribution in [1.29, 1.82) is 0 Å². The van der Waals surface area contributed by atoms with E-state index in [1.165, 1.54) is 0 Å². The molecule has 0 heterocycles. The molecule has 90 valence electrons. The summed E-state index contributed by atoms with van der Waals surface area (Å²) in [5, 5.41) is 0. The second-order valence-electron chi connectivity index (χ2n) is 5.41. The van der Waals surface area contributed by atoms with Gasteiger partial charge in [0.15, 0.2) is 0 Å². The molecule has 0 aromatic rings. The van der Waals surface area contributed by atoms with E-state index in [1.807, 2.05) is 27.7 Å². The number of hydrogen-bond acceptors (Lipinski definition) is 3. The molecule has 1 saturated carbocycles. The Kier molecular flexibility index (Phi) is 2.61. The highest BCUT2D eigenvalue weighted by Gasteiger charge is 2.69. The molecule has 16 heavy (non-hydrogen) atoms. The van der Waals surface area contributed by atoms with Gasteiger partial charge in [0.25, 0.3) is 0 Å². The Balaban J connectivity index is 2.97. The first kappa shape index (κ1) is 12.7. The highest BCUT2D eigenvalue weighted by atomic mass is 16.2. The van der Waals surface area contributed by atoms with Crippen LogP contribution >= 0.6 is 0 Å². The predicted octanol–water partition coefficient (Wildman–Crippen LogP) is 1.12. The highest BCUT2D eigenvalue weighted by Crippen LogP contribution is 2.68. The van der Waals surface area contributed by atoms with Crippen molar-refractivity contribution in [3.8, 4) is 0 Å². The van der Waals surface area contributed by atoms with Crippen LogP contribution in [0.2, 0.25) is 0 Å². The Morgan fingerprint density at radius 1 is 1.06 bits per heavy atom. The van der Waals surface area contributed by atoms with Gasteiger partial charge >= 0.3 is 6.03 Å². The third-order valence-electron chi connectivity index (χ3n) is 4.02. The summed E-state index contributed by atoms with van der Waals surface area (Å²) in [6.07, 6.45) is 0. The zero-order valence-corrected chi connectivity index (χ0v) is 10.3. The van der Waals surface area contributed by atoms with Crippen molar-refractivity contribution < 1.29 is 14.4 Å². The summed E-state index contributed by atoms with van der Waals surface area (Å²) in [5.74, 6) is -1.46. The third-order valence-corrected chi connectivity index (χ3v) is 4.02. The molecule has 5 nitrogen and oxygen atoms in total. The fourth-order valence-electron chi connectivity index (χ4n) is 2.36. The minimum Gasteiger partial charge on any atom is -0.351 e. The van der Waals surface area contributed by atoms with Gasteiger partial charge in [0.1, 0.15) is 0 Å². The second kappa shape index (κ2) is 3.30. The molecule has 1 rings (SSSR count). The number of hydrogen-bond donors (Lipinski definition) is 1. The molecule has 5 heteroatoms. The van der Waals surface area contributed by atoms with E-state index < -0.39 is 17.8 Å². The summed E-state index contributed by atoms with van der Waals surface area (Å²) >= 11 is 0. The lowest BCUT2D eigenvalue weighted by Gasteiger charge is -2.15. The highest BCUT2D eigenvalue weighted by molar-refractivity contribution is 6.11. The number of nitrogens with two attached hydrogens (primary N) is 1. The molecule has 0 bridgehead atoms. The van der Waals surface area contributed by atoms with Gasteiger partial charge in [0, 0.05) is 6.92 Å². The lowest BCUT2D eigenvalue weighted by Crippen LogP contribution is -2.45. The van der Waals surface area contributed by atoms with E-state index in [-0.39, 0.29) is 16.7 Å². The molecule has 0 aliphatic heterocycles. The monoisotopic (exact) mass is 226 g/mol. The van der Waals surface area contributed by atoms with Gasteiger partial charge in [-0.3, -0.25) is 9.59 Å². The van der Waals surface area contributed by atoms with Crippen LogP contribution in [0.5, 0.6) is 0 Å². The zero-order valence-electron chi connectivity index (χ0n) is 10.3. The Morgan fingerprint density at radius 3 is 1.62 bits per heavy atom. The van der Waals surface area contributed by atoms with Crippen LogP contribution in [0.1, 0.15) is 34.6 Å². The lowest BCUT2D eigenvalue weighted by molar-refractivity contribution is -0.141. The first-order valence-electron chi connectivity index (χ1n) is 5.19. The van der Waals surface area contributed by atoms with Crippen molar-refractivity contribution in [2.75, 3.05) is 0 Å². The van der Waals surface area contributed by atoms with Gasteiger partial charge in [-0.15, -0.1) is 0 Å². The van der Waals surface area contributed by atoms with E-state index in [4.69, 9.17) is 5.73 Å². The predicted molar refractivity (Wildman–Crippen MR) is 58.2 cm³/mol. The molecular weight excluding hydrogens is 208 g/mol. The SMILES string of the molecule is CC(=O)N(C(N)=O)C(=O)C1C(C)(C)C1(C)C. The molecule has 0 saturated heterocycles. The molecule has 0 unspecified atom stereocenters. The first-order chi connectivity index (χ1) is 7.05. The van der Waals surface area contributed by atoms with Crippen LogP contribution in [0.25, 0.3) is 0 Å². The first-order valence-corrected chi connectivity index (χ1v) is 5.19. The van der Waals surface area contributed by atoms with E-state index in [2.05, 4.69) is 0 Å². The van der Waals surface area contributed by atoms with Crippen LogP contribution in [-0.2, 0) is 9.59 Å². The number of rotatable bonds is 1. The fourth-order valence-corrected chi connectivity index (χ4v) is 2.36. The molecule has 0 atom stereocenters. The van der Waals surface area contributed by atoms with Gasteiger partial charge in [-0.25, -0.2) is 9.69 Å². The van der Waals surface area contributed by atoms with Crippen molar-refractivity contribution in [2.24, 2.45) is 22.5 Å². The summed E-state index contributed by atoms with van der Waals surface area (Å²) in [5.41, 5.74) is 4.60. The smallest absolute Gasteiger partial charge is 0.328 e. The maximum atomic E-state index is 12.0. The topological polar surface area (TPSA) is 80.5 Å². The maximum absolute atomic E-state index is 12.0. The van der Waals surface area contributed by atoms with Crippen LogP contribution < -0.4 is 5.73 Å². The lowest BCUT2D eigenvalue weighted by atomic mass is 10.0. The molecule has 0 aromatic heterocycles. The van der Waals surface area contributed by atoms with Crippen LogP contribution in [0.4, 0.5) is 4.79 Å². The minimum atomic E-state index is -1.00. The zero-order chi connectivity index (χ0) is 12.9. The van der Waals surface area contributed by atoms with Crippen molar-refractivity contribution in [3.05, 3.63) is 0 Å². The Labute approximate surface area is 95.0 Å². The van der Waals surface area contributed by atoms with Crippen LogP contribution in [0.15, 0.2) is 0 Å². The summed E-state index contributed by atoms with van der Waals surface area (Å²) in [7, 11) is 0. The summed E-state index contributed by atoms with van der Waals surface area (Å²) < 4.78 is 0. The Bertz CT molecular complexity index is 343. The molecule has 0 aromatic carbocycles. The van der Waals surface area contributed by atoms with Gasteiger partial charge < -0.3 is 5.73 Å². The average molecular weight is 226 g/mol. The van der Waals surface area contributed by atoms with Crippen molar-refractivity contribution in [3.63, 3.8) is 0 Å². The third kappa shape index (κ3) is 1.50. The second-order valence-corrected chi connectivity index (χ2v) is 5.41. The molecule has 1 aliphatic carbocycles. The van der Waals surface area contributed by atoms with E-state index >= 15 is 0 Å². The van der Waals surface area contributed by atoms with Gasteiger partial charge in [0.2, 0.25) is 11.8 Å². The van der Waals surface area contributed by atoms with E-state index in [0.29, 0.717) is 4.90 Å². The average Bonchev–Trinajstić information content (AvgIpc) is 2.39.